The van der Waals surface area contributed by atoms with Gasteiger partial charge in [-0.3, -0.25) is 0 Å². The van der Waals surface area contributed by atoms with Gasteiger partial charge < -0.3 is 5.73 Å². The van der Waals surface area contributed by atoms with Gasteiger partial charge >= 0.3 is 12.3 Å². The van der Waals surface area contributed by atoms with E-state index >= 15 is 0 Å². The van der Waals surface area contributed by atoms with Crippen molar-refractivity contribution in [1.29, 1.82) is 0 Å². The zero-order valence-corrected chi connectivity index (χ0v) is 12.5. The SMILES string of the molecule is Cc1cc(C)c(S(=O)(=O)NCC(F)(F)C(F)F)c(C)c1N. The third-order valence-electron chi connectivity index (χ3n) is 3.05. The van der Waals surface area contributed by atoms with Gasteiger partial charge in [0.1, 0.15) is 0 Å². The Kier molecular flexibility index (Phi) is 4.89. The molecule has 0 unspecified atom stereocenters. The first-order chi connectivity index (χ1) is 9.40. The van der Waals surface area contributed by atoms with Gasteiger partial charge in [-0.05, 0) is 37.5 Å². The minimum atomic E-state index is -4.44. The fourth-order valence-corrected chi connectivity index (χ4v) is 3.46. The Morgan fingerprint density at radius 2 is 1.76 bits per heavy atom. The average Bonchev–Trinajstić information content (AvgIpc) is 2.33. The summed E-state index contributed by atoms with van der Waals surface area (Å²) in [5.74, 6) is -4.44. The van der Waals surface area contributed by atoms with Crippen LogP contribution in [0.15, 0.2) is 11.0 Å². The lowest BCUT2D eigenvalue weighted by molar-refractivity contribution is -0.122. The molecule has 0 aromatic heterocycles. The Morgan fingerprint density at radius 3 is 2.24 bits per heavy atom. The van der Waals surface area contributed by atoms with E-state index in [1.54, 1.807) is 6.92 Å². The number of nitrogens with one attached hydrogen (secondary N) is 1. The number of alkyl halides is 4. The molecule has 0 aliphatic heterocycles. The molecule has 1 aromatic carbocycles. The van der Waals surface area contributed by atoms with E-state index in [1.165, 1.54) is 24.6 Å². The molecule has 0 saturated carbocycles. The van der Waals surface area contributed by atoms with Crippen LogP contribution in [0.5, 0.6) is 0 Å². The van der Waals surface area contributed by atoms with Crippen molar-refractivity contribution in [2.75, 3.05) is 12.3 Å². The van der Waals surface area contributed by atoms with Crippen LogP contribution in [0, 0.1) is 20.8 Å². The molecule has 0 heterocycles. The number of hydrogen-bond donors (Lipinski definition) is 2. The summed E-state index contributed by atoms with van der Waals surface area (Å²) in [6.07, 6.45) is -3.95. The van der Waals surface area contributed by atoms with Crippen molar-refractivity contribution in [3.05, 3.63) is 22.8 Å². The monoisotopic (exact) mass is 328 g/mol. The zero-order chi connectivity index (χ0) is 16.6. The minimum absolute atomic E-state index is 0.195. The van der Waals surface area contributed by atoms with E-state index in [0.717, 1.165) is 0 Å². The molecule has 0 fully saturated rings. The molecule has 1 aromatic rings. The molecule has 120 valence electrons. The Morgan fingerprint density at radius 1 is 1.24 bits per heavy atom. The first-order valence-corrected chi connectivity index (χ1v) is 7.40. The number of benzene rings is 1. The molecule has 0 atom stereocenters. The smallest absolute Gasteiger partial charge is 0.320 e. The first-order valence-electron chi connectivity index (χ1n) is 5.92. The third-order valence-corrected chi connectivity index (χ3v) is 4.74. The summed E-state index contributed by atoms with van der Waals surface area (Å²) < 4.78 is 75.4. The van der Waals surface area contributed by atoms with Crippen LogP contribution < -0.4 is 10.5 Å². The van der Waals surface area contributed by atoms with E-state index in [-0.39, 0.29) is 16.1 Å². The number of halogens is 4. The first kappa shape index (κ1) is 17.7. The van der Waals surface area contributed by atoms with E-state index in [9.17, 15) is 26.0 Å². The summed E-state index contributed by atoms with van der Waals surface area (Å²) in [6.45, 7) is 2.89. The predicted octanol–water partition coefficient (Wildman–Crippen LogP) is 2.37. The molecule has 0 aliphatic rings. The molecular formula is C12H16F4N2O2S. The van der Waals surface area contributed by atoms with E-state index in [1.807, 2.05) is 0 Å². The van der Waals surface area contributed by atoms with Crippen LogP contribution >= 0.6 is 0 Å². The molecule has 21 heavy (non-hydrogen) atoms. The number of nitrogen functional groups attached to an aromatic ring is 1. The highest BCUT2D eigenvalue weighted by molar-refractivity contribution is 7.89. The third kappa shape index (κ3) is 3.65. The summed E-state index contributed by atoms with van der Waals surface area (Å²) in [5, 5.41) is 0. The molecule has 0 aliphatic carbocycles. The molecule has 1 rings (SSSR count). The zero-order valence-electron chi connectivity index (χ0n) is 11.7. The van der Waals surface area contributed by atoms with Gasteiger partial charge in [-0.2, -0.15) is 8.78 Å². The second-order valence-electron chi connectivity index (χ2n) is 4.76. The van der Waals surface area contributed by atoms with E-state index in [2.05, 4.69) is 0 Å². The number of anilines is 1. The number of aryl methyl sites for hydroxylation is 2. The molecule has 0 amide bonds. The number of nitrogens with two attached hydrogens (primary N) is 1. The lowest BCUT2D eigenvalue weighted by atomic mass is 10.1. The average molecular weight is 328 g/mol. The predicted molar refractivity (Wildman–Crippen MR) is 71.2 cm³/mol. The maximum absolute atomic E-state index is 12.8. The van der Waals surface area contributed by atoms with Gasteiger partial charge in [0.15, 0.2) is 0 Å². The van der Waals surface area contributed by atoms with Crippen molar-refractivity contribution >= 4 is 15.7 Å². The molecule has 3 N–H and O–H groups in total. The van der Waals surface area contributed by atoms with Crippen molar-refractivity contribution in [2.45, 2.75) is 38.0 Å². The van der Waals surface area contributed by atoms with Gasteiger partial charge in [-0.1, -0.05) is 6.07 Å². The second kappa shape index (κ2) is 5.80. The van der Waals surface area contributed by atoms with Crippen LogP contribution in [0.1, 0.15) is 16.7 Å². The highest BCUT2D eigenvalue weighted by Crippen LogP contribution is 2.29. The molecule has 9 heteroatoms. The Balaban J connectivity index is 3.19. The topological polar surface area (TPSA) is 72.2 Å². The summed E-state index contributed by atoms with van der Waals surface area (Å²) in [7, 11) is -4.37. The van der Waals surface area contributed by atoms with E-state index in [0.29, 0.717) is 11.1 Å². The number of sulfonamides is 1. The van der Waals surface area contributed by atoms with Crippen molar-refractivity contribution < 1.29 is 26.0 Å². The summed E-state index contributed by atoms with van der Waals surface area (Å²) >= 11 is 0. The number of hydrogen-bond acceptors (Lipinski definition) is 3. The quantitative estimate of drug-likeness (QED) is 0.644. The van der Waals surface area contributed by atoms with Crippen LogP contribution in [0.25, 0.3) is 0 Å². The molecule has 0 radical (unpaired) electrons. The van der Waals surface area contributed by atoms with Crippen LogP contribution in [0.3, 0.4) is 0 Å². The van der Waals surface area contributed by atoms with Gasteiger partial charge in [0.05, 0.1) is 11.4 Å². The maximum Gasteiger partial charge on any atom is 0.320 e. The standard InChI is InChI=1S/C12H16F4N2O2S/c1-6-4-7(2)10(8(3)9(6)17)21(19,20)18-5-12(15,16)11(13)14/h4,11,18H,5,17H2,1-3H3. The van der Waals surface area contributed by atoms with Crippen LogP contribution in [0.4, 0.5) is 23.2 Å². The van der Waals surface area contributed by atoms with Gasteiger partial charge in [0.25, 0.3) is 0 Å². The highest BCUT2D eigenvalue weighted by atomic mass is 32.2. The summed E-state index contributed by atoms with van der Waals surface area (Å²) in [6, 6.07) is 1.49. The summed E-state index contributed by atoms with van der Waals surface area (Å²) in [4.78, 5) is -0.268. The minimum Gasteiger partial charge on any atom is -0.398 e. The van der Waals surface area contributed by atoms with Gasteiger partial charge in [-0.25, -0.2) is 21.9 Å². The molecule has 0 bridgehead atoms. The van der Waals surface area contributed by atoms with E-state index < -0.39 is 28.9 Å². The van der Waals surface area contributed by atoms with E-state index in [4.69, 9.17) is 5.73 Å². The van der Waals surface area contributed by atoms with Crippen molar-refractivity contribution in [3.63, 3.8) is 0 Å². The van der Waals surface area contributed by atoms with Crippen molar-refractivity contribution in [3.8, 4) is 0 Å². The normalized spacial score (nSPS) is 13.0. The number of rotatable bonds is 5. The molecule has 0 spiro atoms. The van der Waals surface area contributed by atoms with Gasteiger partial charge in [-0.15, -0.1) is 0 Å². The molecular weight excluding hydrogens is 312 g/mol. The Labute approximate surface area is 120 Å². The van der Waals surface area contributed by atoms with Crippen molar-refractivity contribution in [1.82, 2.24) is 4.72 Å². The van der Waals surface area contributed by atoms with Gasteiger partial charge in [0, 0.05) is 5.69 Å². The fourth-order valence-electron chi connectivity index (χ4n) is 1.94. The maximum atomic E-state index is 12.8. The lowest BCUT2D eigenvalue weighted by Crippen LogP contribution is -2.41. The lowest BCUT2D eigenvalue weighted by Gasteiger charge is -2.19. The fraction of sp³-hybridized carbons (Fsp3) is 0.500. The van der Waals surface area contributed by atoms with Crippen molar-refractivity contribution in [2.24, 2.45) is 0 Å². The highest BCUT2D eigenvalue weighted by Gasteiger charge is 2.41. The largest absolute Gasteiger partial charge is 0.398 e. The summed E-state index contributed by atoms with van der Waals surface area (Å²) in [5.41, 5.74) is 7.06. The second-order valence-corrected chi connectivity index (χ2v) is 6.47. The van der Waals surface area contributed by atoms with Crippen LogP contribution in [-0.2, 0) is 10.0 Å². The molecule has 4 nitrogen and oxygen atoms in total. The van der Waals surface area contributed by atoms with Crippen LogP contribution in [0.2, 0.25) is 0 Å². The van der Waals surface area contributed by atoms with Crippen LogP contribution in [-0.4, -0.2) is 27.3 Å². The Hall–Kier alpha value is -1.35. The molecule has 0 saturated heterocycles. The van der Waals surface area contributed by atoms with Gasteiger partial charge in [0.2, 0.25) is 10.0 Å². The Bertz CT molecular complexity index is 645.